The maximum atomic E-state index is 13.5. The molecule has 106 valence electrons. The Bertz CT molecular complexity index is 417. The Labute approximate surface area is 123 Å². The van der Waals surface area contributed by atoms with Crippen molar-refractivity contribution in [3.63, 3.8) is 0 Å². The third-order valence-electron chi connectivity index (χ3n) is 4.14. The van der Waals surface area contributed by atoms with Crippen molar-refractivity contribution in [2.45, 2.75) is 44.3 Å². The zero-order valence-electron chi connectivity index (χ0n) is 11.6. The van der Waals surface area contributed by atoms with Crippen molar-refractivity contribution < 1.29 is 4.39 Å². The van der Waals surface area contributed by atoms with Gasteiger partial charge in [-0.3, -0.25) is 4.90 Å². The Hall–Kier alpha value is -0.450. The van der Waals surface area contributed by atoms with Gasteiger partial charge in [-0.05, 0) is 73.4 Å². The van der Waals surface area contributed by atoms with Crippen molar-refractivity contribution in [1.82, 2.24) is 10.2 Å². The van der Waals surface area contributed by atoms with E-state index in [9.17, 15) is 4.39 Å². The van der Waals surface area contributed by atoms with E-state index in [1.807, 2.05) is 13.1 Å². The van der Waals surface area contributed by atoms with E-state index < -0.39 is 0 Å². The molecule has 0 atom stereocenters. The van der Waals surface area contributed by atoms with E-state index in [-0.39, 0.29) is 5.82 Å². The van der Waals surface area contributed by atoms with Crippen molar-refractivity contribution in [2.75, 3.05) is 14.1 Å². The maximum Gasteiger partial charge on any atom is 0.137 e. The van der Waals surface area contributed by atoms with Gasteiger partial charge in [-0.2, -0.15) is 0 Å². The molecule has 0 saturated heterocycles. The number of hydrogen-bond acceptors (Lipinski definition) is 2. The average molecular weight is 329 g/mol. The van der Waals surface area contributed by atoms with Gasteiger partial charge < -0.3 is 5.32 Å². The van der Waals surface area contributed by atoms with Crippen LogP contribution in [0.5, 0.6) is 0 Å². The molecule has 1 aromatic carbocycles. The standard InChI is InChI=1S/C15H22BrFN2/c1-18-12-4-6-13(7-5-12)19(2)10-11-3-8-14(16)15(17)9-11/h3,8-9,12-13,18H,4-7,10H2,1-2H3. The summed E-state index contributed by atoms with van der Waals surface area (Å²) in [5.41, 5.74) is 1.04. The van der Waals surface area contributed by atoms with Crippen LogP contribution >= 0.6 is 15.9 Å². The topological polar surface area (TPSA) is 15.3 Å². The molecular formula is C15H22BrFN2. The van der Waals surface area contributed by atoms with Crippen LogP contribution in [0.2, 0.25) is 0 Å². The second-order valence-electron chi connectivity index (χ2n) is 5.46. The third kappa shape index (κ3) is 4.01. The van der Waals surface area contributed by atoms with E-state index in [0.29, 0.717) is 16.6 Å². The molecule has 2 nitrogen and oxygen atoms in total. The quantitative estimate of drug-likeness (QED) is 0.909. The largest absolute Gasteiger partial charge is 0.317 e. The van der Waals surface area contributed by atoms with Gasteiger partial charge in [0.05, 0.1) is 4.47 Å². The molecule has 0 aliphatic heterocycles. The Morgan fingerprint density at radius 3 is 2.58 bits per heavy atom. The zero-order chi connectivity index (χ0) is 13.8. The lowest BCUT2D eigenvalue weighted by atomic mass is 9.90. The van der Waals surface area contributed by atoms with Crippen LogP contribution in [0.25, 0.3) is 0 Å². The highest BCUT2D eigenvalue weighted by molar-refractivity contribution is 9.10. The molecule has 1 aromatic rings. The minimum absolute atomic E-state index is 0.176. The molecule has 19 heavy (non-hydrogen) atoms. The number of nitrogens with zero attached hydrogens (tertiary/aromatic N) is 1. The highest BCUT2D eigenvalue weighted by atomic mass is 79.9. The molecule has 0 amide bonds. The molecule has 2 rings (SSSR count). The molecular weight excluding hydrogens is 307 g/mol. The lowest BCUT2D eigenvalue weighted by Crippen LogP contribution is -2.39. The van der Waals surface area contributed by atoms with Gasteiger partial charge in [0.15, 0.2) is 0 Å². The molecule has 0 aromatic heterocycles. The second-order valence-corrected chi connectivity index (χ2v) is 6.31. The van der Waals surface area contributed by atoms with Gasteiger partial charge in [-0.1, -0.05) is 6.07 Å². The van der Waals surface area contributed by atoms with Crippen LogP contribution < -0.4 is 5.32 Å². The number of nitrogens with one attached hydrogen (secondary N) is 1. The minimum Gasteiger partial charge on any atom is -0.317 e. The molecule has 0 spiro atoms. The predicted octanol–water partition coefficient (Wildman–Crippen LogP) is 3.55. The summed E-state index contributed by atoms with van der Waals surface area (Å²) in [6.45, 7) is 0.819. The molecule has 1 saturated carbocycles. The first kappa shape index (κ1) is 14.9. The lowest BCUT2D eigenvalue weighted by molar-refractivity contribution is 0.170. The smallest absolute Gasteiger partial charge is 0.137 e. The summed E-state index contributed by atoms with van der Waals surface area (Å²) in [5, 5.41) is 3.35. The number of halogens is 2. The summed E-state index contributed by atoms with van der Waals surface area (Å²) in [6.07, 6.45) is 4.92. The van der Waals surface area contributed by atoms with E-state index in [1.54, 1.807) is 12.1 Å². The SMILES string of the molecule is CNC1CCC(N(C)Cc2ccc(Br)c(F)c2)CC1. The van der Waals surface area contributed by atoms with Crippen LogP contribution in [0.4, 0.5) is 4.39 Å². The third-order valence-corrected chi connectivity index (χ3v) is 4.79. The number of hydrogen-bond donors (Lipinski definition) is 1. The normalized spacial score (nSPS) is 23.8. The first-order valence-electron chi connectivity index (χ1n) is 6.91. The summed E-state index contributed by atoms with van der Waals surface area (Å²) < 4.78 is 14.0. The van der Waals surface area contributed by atoms with Gasteiger partial charge >= 0.3 is 0 Å². The van der Waals surface area contributed by atoms with E-state index in [1.165, 1.54) is 25.7 Å². The van der Waals surface area contributed by atoms with Gasteiger partial charge in [0.2, 0.25) is 0 Å². The summed E-state index contributed by atoms with van der Waals surface area (Å²) in [7, 11) is 4.18. The molecule has 1 N–H and O–H groups in total. The van der Waals surface area contributed by atoms with Crippen molar-refractivity contribution in [2.24, 2.45) is 0 Å². The maximum absolute atomic E-state index is 13.5. The molecule has 0 unspecified atom stereocenters. The number of rotatable bonds is 4. The van der Waals surface area contributed by atoms with Gasteiger partial charge in [0, 0.05) is 18.6 Å². The Morgan fingerprint density at radius 2 is 2.00 bits per heavy atom. The van der Waals surface area contributed by atoms with Crippen LogP contribution in [0, 0.1) is 5.82 Å². The molecule has 4 heteroatoms. The highest BCUT2D eigenvalue weighted by Gasteiger charge is 2.23. The molecule has 0 heterocycles. The fraction of sp³-hybridized carbons (Fsp3) is 0.600. The Kier molecular flexibility index (Phi) is 5.37. The second kappa shape index (κ2) is 6.82. The van der Waals surface area contributed by atoms with E-state index in [0.717, 1.165) is 12.1 Å². The van der Waals surface area contributed by atoms with Crippen LogP contribution in [0.15, 0.2) is 22.7 Å². The predicted molar refractivity (Wildman–Crippen MR) is 80.7 cm³/mol. The van der Waals surface area contributed by atoms with Crippen molar-refractivity contribution in [3.8, 4) is 0 Å². The number of benzene rings is 1. The summed E-state index contributed by atoms with van der Waals surface area (Å²) in [4.78, 5) is 2.36. The minimum atomic E-state index is -0.176. The first-order chi connectivity index (χ1) is 9.10. The van der Waals surface area contributed by atoms with E-state index in [2.05, 4.69) is 33.2 Å². The van der Waals surface area contributed by atoms with Crippen LogP contribution in [0.1, 0.15) is 31.2 Å². The first-order valence-corrected chi connectivity index (χ1v) is 7.71. The van der Waals surface area contributed by atoms with Crippen LogP contribution in [0.3, 0.4) is 0 Å². The summed E-state index contributed by atoms with van der Waals surface area (Å²) >= 11 is 3.19. The molecule has 1 aliphatic rings. The van der Waals surface area contributed by atoms with Crippen molar-refractivity contribution in [1.29, 1.82) is 0 Å². The Morgan fingerprint density at radius 1 is 1.32 bits per heavy atom. The van der Waals surface area contributed by atoms with Gasteiger partial charge in [0.1, 0.15) is 5.82 Å². The van der Waals surface area contributed by atoms with Gasteiger partial charge in [0.25, 0.3) is 0 Å². The monoisotopic (exact) mass is 328 g/mol. The zero-order valence-corrected chi connectivity index (χ0v) is 13.2. The fourth-order valence-corrected chi connectivity index (χ4v) is 3.11. The fourth-order valence-electron chi connectivity index (χ4n) is 2.86. The van der Waals surface area contributed by atoms with Crippen molar-refractivity contribution in [3.05, 3.63) is 34.1 Å². The molecule has 0 radical (unpaired) electrons. The van der Waals surface area contributed by atoms with E-state index in [4.69, 9.17) is 0 Å². The summed E-state index contributed by atoms with van der Waals surface area (Å²) in [5.74, 6) is -0.176. The lowest BCUT2D eigenvalue weighted by Gasteiger charge is -2.34. The summed E-state index contributed by atoms with van der Waals surface area (Å²) in [6, 6.07) is 6.70. The average Bonchev–Trinajstić information content (AvgIpc) is 2.43. The highest BCUT2D eigenvalue weighted by Crippen LogP contribution is 2.24. The van der Waals surface area contributed by atoms with Crippen molar-refractivity contribution >= 4 is 15.9 Å². The molecule has 1 fully saturated rings. The Balaban J connectivity index is 1.90. The van der Waals surface area contributed by atoms with Gasteiger partial charge in [-0.25, -0.2) is 4.39 Å². The van der Waals surface area contributed by atoms with Gasteiger partial charge in [-0.15, -0.1) is 0 Å². The molecule has 1 aliphatic carbocycles. The van der Waals surface area contributed by atoms with E-state index >= 15 is 0 Å². The van der Waals surface area contributed by atoms with Crippen LogP contribution in [-0.2, 0) is 6.54 Å². The molecule has 0 bridgehead atoms. The van der Waals surface area contributed by atoms with Crippen LogP contribution in [-0.4, -0.2) is 31.1 Å².